The van der Waals surface area contributed by atoms with Crippen LogP contribution in [0.15, 0.2) is 48.5 Å². The van der Waals surface area contributed by atoms with Crippen molar-refractivity contribution in [2.24, 2.45) is 0 Å². The molecule has 9 heteroatoms. The van der Waals surface area contributed by atoms with Gasteiger partial charge in [-0.05, 0) is 36.2 Å². The highest BCUT2D eigenvalue weighted by Crippen LogP contribution is 2.25. The maximum absolute atomic E-state index is 13.9. The van der Waals surface area contributed by atoms with Gasteiger partial charge in [-0.3, -0.25) is 14.5 Å². The minimum Gasteiger partial charge on any atom is -0.447 e. The quantitative estimate of drug-likeness (QED) is 0.763. The van der Waals surface area contributed by atoms with Crippen molar-refractivity contribution in [3.8, 4) is 0 Å². The zero-order valence-electron chi connectivity index (χ0n) is 16.0. The van der Waals surface area contributed by atoms with Gasteiger partial charge in [0.25, 0.3) is 0 Å². The average molecular weight is 429 g/mol. The molecule has 2 saturated heterocycles. The first kappa shape index (κ1) is 20.2. The van der Waals surface area contributed by atoms with Crippen LogP contribution in [0.5, 0.6) is 0 Å². The Labute approximate surface area is 177 Å². The van der Waals surface area contributed by atoms with E-state index >= 15 is 0 Å². The summed E-state index contributed by atoms with van der Waals surface area (Å²) in [6.07, 6.45) is -0.152. The molecular weight excluding hydrogens is 409 g/mol. The molecule has 2 unspecified atom stereocenters. The summed E-state index contributed by atoms with van der Waals surface area (Å²) in [5.41, 5.74) is 1.62. The number of carbonyl (C=O) groups is 3. The molecule has 156 valence electrons. The molecule has 2 aliphatic heterocycles. The van der Waals surface area contributed by atoms with Crippen LogP contribution < -0.4 is 15.5 Å². The topological polar surface area (TPSA) is 87.7 Å². The minimum absolute atomic E-state index is 0.269. The van der Waals surface area contributed by atoms with E-state index in [1.165, 1.54) is 22.7 Å². The molecule has 2 heterocycles. The maximum Gasteiger partial charge on any atom is 0.414 e. The van der Waals surface area contributed by atoms with Crippen LogP contribution in [0.1, 0.15) is 5.56 Å². The van der Waals surface area contributed by atoms with Crippen molar-refractivity contribution >= 4 is 41.0 Å². The van der Waals surface area contributed by atoms with Gasteiger partial charge in [0.15, 0.2) is 0 Å². The fourth-order valence-corrected chi connectivity index (χ4v) is 4.54. The molecule has 3 amide bonds. The third kappa shape index (κ3) is 4.40. The SMILES string of the molecule is O=C(Nc1cccc(N2CCOC2=O)c1)C1CSC(Cc2ccccc2F)C(=O)N1. The van der Waals surface area contributed by atoms with Crippen LogP contribution in [0.2, 0.25) is 0 Å². The van der Waals surface area contributed by atoms with Gasteiger partial charge in [-0.15, -0.1) is 11.8 Å². The number of ether oxygens (including phenoxy) is 1. The van der Waals surface area contributed by atoms with Crippen LogP contribution >= 0.6 is 11.8 Å². The number of hydrogen-bond donors (Lipinski definition) is 2. The summed E-state index contributed by atoms with van der Waals surface area (Å²) in [6.45, 7) is 0.781. The van der Waals surface area contributed by atoms with Gasteiger partial charge >= 0.3 is 6.09 Å². The second-order valence-corrected chi connectivity index (χ2v) is 8.22. The molecule has 0 spiro atoms. The third-order valence-electron chi connectivity index (χ3n) is 4.94. The van der Waals surface area contributed by atoms with Crippen molar-refractivity contribution in [1.82, 2.24) is 5.32 Å². The fraction of sp³-hybridized carbons (Fsp3) is 0.286. The van der Waals surface area contributed by atoms with Crippen molar-refractivity contribution < 1.29 is 23.5 Å². The van der Waals surface area contributed by atoms with Crippen LogP contribution in [0.25, 0.3) is 0 Å². The lowest BCUT2D eigenvalue weighted by Gasteiger charge is -2.28. The number of cyclic esters (lactones) is 1. The summed E-state index contributed by atoms with van der Waals surface area (Å²) in [4.78, 5) is 38.3. The lowest BCUT2D eigenvalue weighted by Crippen LogP contribution is -2.52. The number of nitrogens with zero attached hydrogens (tertiary/aromatic N) is 1. The van der Waals surface area contributed by atoms with Gasteiger partial charge in [-0.2, -0.15) is 0 Å². The normalized spacial score (nSPS) is 21.2. The third-order valence-corrected chi connectivity index (χ3v) is 6.25. The molecule has 0 saturated carbocycles. The maximum atomic E-state index is 13.9. The van der Waals surface area contributed by atoms with Crippen molar-refractivity contribution in [3.63, 3.8) is 0 Å². The Balaban J connectivity index is 1.36. The Hall–Kier alpha value is -3.07. The molecule has 2 atom stereocenters. The Kier molecular flexibility index (Phi) is 5.89. The van der Waals surface area contributed by atoms with Crippen LogP contribution in [-0.4, -0.2) is 48.1 Å². The first-order chi connectivity index (χ1) is 14.5. The molecular formula is C21H20FN3O4S. The zero-order valence-corrected chi connectivity index (χ0v) is 16.8. The molecule has 0 radical (unpaired) electrons. The molecule has 4 rings (SSSR count). The number of amides is 3. The van der Waals surface area contributed by atoms with Crippen LogP contribution in [0, 0.1) is 5.82 Å². The highest BCUT2D eigenvalue weighted by Gasteiger charge is 2.33. The second kappa shape index (κ2) is 8.74. The summed E-state index contributed by atoms with van der Waals surface area (Å²) in [5, 5.41) is 5.05. The van der Waals surface area contributed by atoms with E-state index in [0.717, 1.165) is 0 Å². The molecule has 0 bridgehead atoms. The van der Waals surface area contributed by atoms with Crippen molar-refractivity contribution in [1.29, 1.82) is 0 Å². The van der Waals surface area contributed by atoms with E-state index in [2.05, 4.69) is 10.6 Å². The molecule has 2 fully saturated rings. The number of thioether (sulfide) groups is 1. The molecule has 7 nitrogen and oxygen atoms in total. The number of hydrogen-bond acceptors (Lipinski definition) is 5. The van der Waals surface area contributed by atoms with E-state index in [9.17, 15) is 18.8 Å². The van der Waals surface area contributed by atoms with E-state index in [-0.39, 0.29) is 24.1 Å². The van der Waals surface area contributed by atoms with E-state index in [1.54, 1.807) is 42.5 Å². The monoisotopic (exact) mass is 429 g/mol. The first-order valence-electron chi connectivity index (χ1n) is 9.52. The fourth-order valence-electron chi connectivity index (χ4n) is 3.36. The molecule has 0 aromatic heterocycles. The van der Waals surface area contributed by atoms with Gasteiger partial charge in [0.2, 0.25) is 11.8 Å². The van der Waals surface area contributed by atoms with Gasteiger partial charge in [-0.25, -0.2) is 9.18 Å². The number of anilines is 2. The van der Waals surface area contributed by atoms with Crippen molar-refractivity contribution in [2.45, 2.75) is 17.7 Å². The molecule has 2 aliphatic rings. The van der Waals surface area contributed by atoms with E-state index < -0.39 is 17.4 Å². The Morgan fingerprint density at radius 1 is 1.23 bits per heavy atom. The lowest BCUT2D eigenvalue weighted by atomic mass is 10.1. The highest BCUT2D eigenvalue weighted by atomic mass is 32.2. The van der Waals surface area contributed by atoms with Gasteiger partial charge in [0.1, 0.15) is 18.5 Å². The Morgan fingerprint density at radius 3 is 2.80 bits per heavy atom. The van der Waals surface area contributed by atoms with Crippen molar-refractivity contribution in [2.75, 3.05) is 29.1 Å². The first-order valence-corrected chi connectivity index (χ1v) is 10.6. The lowest BCUT2D eigenvalue weighted by molar-refractivity contribution is -0.126. The summed E-state index contributed by atoms with van der Waals surface area (Å²) >= 11 is 1.34. The van der Waals surface area contributed by atoms with Crippen LogP contribution in [0.4, 0.5) is 20.6 Å². The largest absolute Gasteiger partial charge is 0.447 e. The smallest absolute Gasteiger partial charge is 0.414 e. The summed E-state index contributed by atoms with van der Waals surface area (Å²) in [6, 6.07) is 12.6. The molecule has 30 heavy (non-hydrogen) atoms. The van der Waals surface area contributed by atoms with Gasteiger partial charge in [0.05, 0.1) is 11.8 Å². The number of rotatable bonds is 5. The Morgan fingerprint density at radius 2 is 2.07 bits per heavy atom. The number of halogens is 1. The summed E-state index contributed by atoms with van der Waals surface area (Å²) < 4.78 is 18.8. The highest BCUT2D eigenvalue weighted by molar-refractivity contribution is 8.00. The van der Waals surface area contributed by atoms with E-state index in [1.807, 2.05) is 0 Å². The van der Waals surface area contributed by atoms with E-state index in [0.29, 0.717) is 35.8 Å². The van der Waals surface area contributed by atoms with Crippen LogP contribution in [-0.2, 0) is 20.7 Å². The van der Waals surface area contributed by atoms with E-state index in [4.69, 9.17) is 4.74 Å². The number of carbonyl (C=O) groups excluding carboxylic acids is 3. The summed E-state index contributed by atoms with van der Waals surface area (Å²) in [7, 11) is 0. The average Bonchev–Trinajstić information content (AvgIpc) is 3.17. The number of nitrogens with one attached hydrogen (secondary N) is 2. The molecule has 0 aliphatic carbocycles. The predicted molar refractivity (Wildman–Crippen MR) is 112 cm³/mol. The van der Waals surface area contributed by atoms with Crippen LogP contribution in [0.3, 0.4) is 0 Å². The molecule has 2 aromatic carbocycles. The minimum atomic E-state index is -0.695. The van der Waals surface area contributed by atoms with Gasteiger partial charge in [-0.1, -0.05) is 24.3 Å². The van der Waals surface area contributed by atoms with Gasteiger partial charge in [0, 0.05) is 17.1 Å². The van der Waals surface area contributed by atoms with Crippen molar-refractivity contribution in [3.05, 3.63) is 59.9 Å². The second-order valence-electron chi connectivity index (χ2n) is 6.98. The van der Waals surface area contributed by atoms with Gasteiger partial charge < -0.3 is 15.4 Å². The standard InChI is InChI=1S/C21H20FN3O4S/c22-16-7-2-1-4-13(16)10-18-20(27)24-17(12-30-18)19(26)23-14-5-3-6-15(11-14)25-8-9-29-21(25)28/h1-7,11,17-18H,8-10,12H2,(H,23,26)(H,24,27). The summed E-state index contributed by atoms with van der Waals surface area (Å²) in [5.74, 6) is -0.591. The molecule has 2 N–H and O–H groups in total. The zero-order chi connectivity index (χ0) is 21.1. The molecule has 2 aromatic rings. The Bertz CT molecular complexity index is 986. The number of benzene rings is 2. The predicted octanol–water partition coefficient (Wildman–Crippen LogP) is 2.56.